The minimum atomic E-state index is -0.173. The van der Waals surface area contributed by atoms with Crippen LogP contribution in [0.15, 0.2) is 0 Å². The molecule has 3 rings (SSSR count). The predicted molar refractivity (Wildman–Crippen MR) is 105 cm³/mol. The second kappa shape index (κ2) is 9.35. The molecule has 2 N–H and O–H groups in total. The average molecular weight is 376 g/mol. The fourth-order valence-corrected chi connectivity index (χ4v) is 4.08. The van der Waals surface area contributed by atoms with Gasteiger partial charge in [-0.25, -0.2) is 4.98 Å². The van der Waals surface area contributed by atoms with Gasteiger partial charge in [0.2, 0.25) is 0 Å². The van der Waals surface area contributed by atoms with Gasteiger partial charge in [0, 0.05) is 19.1 Å². The molecule has 1 aromatic heterocycles. The fourth-order valence-electron chi connectivity index (χ4n) is 4.08. The van der Waals surface area contributed by atoms with E-state index in [9.17, 15) is 9.59 Å². The van der Waals surface area contributed by atoms with Crippen molar-refractivity contribution in [3.05, 3.63) is 17.2 Å². The zero-order valence-corrected chi connectivity index (χ0v) is 16.7. The summed E-state index contributed by atoms with van der Waals surface area (Å²) in [5, 5.41) is 6.11. The van der Waals surface area contributed by atoms with Gasteiger partial charge in [-0.2, -0.15) is 0 Å². The van der Waals surface area contributed by atoms with Crippen LogP contribution in [0.3, 0.4) is 0 Å². The van der Waals surface area contributed by atoms with Gasteiger partial charge in [-0.05, 0) is 59.2 Å². The minimum Gasteiger partial charge on any atom is -0.349 e. The van der Waals surface area contributed by atoms with Gasteiger partial charge in [0.1, 0.15) is 5.69 Å². The number of aromatic nitrogens is 2. The number of amides is 2. The van der Waals surface area contributed by atoms with Crippen molar-refractivity contribution in [1.29, 1.82) is 0 Å². The first kappa shape index (κ1) is 19.9. The van der Waals surface area contributed by atoms with Gasteiger partial charge in [0.05, 0.1) is 5.69 Å². The third-order valence-electron chi connectivity index (χ3n) is 5.54. The quantitative estimate of drug-likeness (QED) is 0.714. The van der Waals surface area contributed by atoms with Crippen molar-refractivity contribution in [2.45, 2.75) is 70.4 Å². The van der Waals surface area contributed by atoms with Crippen molar-refractivity contribution in [3.8, 4) is 0 Å². The zero-order chi connectivity index (χ0) is 19.2. The van der Waals surface area contributed by atoms with E-state index in [1.165, 1.54) is 19.3 Å². The normalized spacial score (nSPS) is 17.6. The Morgan fingerprint density at radius 1 is 1.11 bits per heavy atom. The van der Waals surface area contributed by atoms with Gasteiger partial charge in [-0.1, -0.05) is 19.3 Å². The molecule has 0 aromatic carbocycles. The van der Waals surface area contributed by atoms with E-state index < -0.39 is 0 Å². The summed E-state index contributed by atoms with van der Waals surface area (Å²) >= 11 is 0. The SMILES string of the molecule is CN(C)CCCNC(=O)c1nc(C(=O)NC2CCCCC2)c2n1CCCC2. The number of fused-ring (bicyclic) bond motifs is 1. The number of nitrogens with zero attached hydrogens (tertiary/aromatic N) is 3. The summed E-state index contributed by atoms with van der Waals surface area (Å²) < 4.78 is 1.96. The van der Waals surface area contributed by atoms with Gasteiger partial charge in [-0.15, -0.1) is 0 Å². The molecular formula is C20H33N5O2. The van der Waals surface area contributed by atoms with Crippen LogP contribution in [0.1, 0.15) is 78.2 Å². The maximum Gasteiger partial charge on any atom is 0.287 e. The highest BCUT2D eigenvalue weighted by molar-refractivity contribution is 5.97. The first-order chi connectivity index (χ1) is 13.1. The van der Waals surface area contributed by atoms with Gasteiger partial charge < -0.3 is 20.1 Å². The van der Waals surface area contributed by atoms with Gasteiger partial charge >= 0.3 is 0 Å². The highest BCUT2D eigenvalue weighted by Crippen LogP contribution is 2.23. The molecule has 0 bridgehead atoms. The van der Waals surface area contributed by atoms with Crippen LogP contribution in [0.25, 0.3) is 0 Å². The summed E-state index contributed by atoms with van der Waals surface area (Å²) in [6.45, 7) is 2.30. The molecule has 0 spiro atoms. The first-order valence-corrected chi connectivity index (χ1v) is 10.4. The number of carbonyl (C=O) groups excluding carboxylic acids is 2. The van der Waals surface area contributed by atoms with Crippen LogP contribution in [0.4, 0.5) is 0 Å². The highest BCUT2D eigenvalue weighted by atomic mass is 16.2. The van der Waals surface area contributed by atoms with Crippen LogP contribution in [0.5, 0.6) is 0 Å². The standard InChI is InChI=1S/C20H33N5O2/c1-24(2)13-8-12-21-20(27)18-23-17(16-11-6-7-14-25(16)18)19(26)22-15-9-4-3-5-10-15/h15H,3-14H2,1-2H3,(H,21,27)(H,22,26). The molecule has 0 saturated heterocycles. The average Bonchev–Trinajstić information content (AvgIpc) is 3.06. The number of rotatable bonds is 7. The molecule has 2 amide bonds. The largest absolute Gasteiger partial charge is 0.349 e. The Hall–Kier alpha value is -1.89. The molecule has 0 radical (unpaired) electrons. The van der Waals surface area contributed by atoms with Crippen LogP contribution in [0, 0.1) is 0 Å². The molecule has 1 aliphatic carbocycles. The molecule has 1 aromatic rings. The van der Waals surface area contributed by atoms with Gasteiger partial charge in [0.15, 0.2) is 5.82 Å². The Balaban J connectivity index is 1.69. The summed E-state index contributed by atoms with van der Waals surface area (Å²) in [7, 11) is 4.04. The lowest BCUT2D eigenvalue weighted by Gasteiger charge is -2.23. The van der Waals surface area contributed by atoms with E-state index in [1.807, 2.05) is 18.7 Å². The van der Waals surface area contributed by atoms with E-state index in [0.717, 1.165) is 57.3 Å². The molecule has 0 unspecified atom stereocenters. The van der Waals surface area contributed by atoms with Gasteiger partial charge in [0.25, 0.3) is 11.8 Å². The van der Waals surface area contributed by atoms with Gasteiger partial charge in [-0.3, -0.25) is 9.59 Å². The Bertz CT molecular complexity index is 662. The van der Waals surface area contributed by atoms with E-state index in [4.69, 9.17) is 0 Å². The van der Waals surface area contributed by atoms with E-state index in [-0.39, 0.29) is 17.9 Å². The van der Waals surface area contributed by atoms with Crippen molar-refractivity contribution >= 4 is 11.8 Å². The van der Waals surface area contributed by atoms with Crippen molar-refractivity contribution in [2.24, 2.45) is 0 Å². The molecule has 1 saturated carbocycles. The van der Waals surface area contributed by atoms with Crippen LogP contribution >= 0.6 is 0 Å². The minimum absolute atomic E-state index is 0.112. The van der Waals surface area contributed by atoms with Crippen LogP contribution in [-0.2, 0) is 13.0 Å². The van der Waals surface area contributed by atoms with Crippen LogP contribution in [-0.4, -0.2) is 59.5 Å². The Morgan fingerprint density at radius 2 is 1.89 bits per heavy atom. The first-order valence-electron chi connectivity index (χ1n) is 10.4. The molecule has 0 atom stereocenters. The summed E-state index contributed by atoms with van der Waals surface area (Å²) in [4.78, 5) is 32.1. The van der Waals surface area contributed by atoms with E-state index in [0.29, 0.717) is 18.1 Å². The molecule has 150 valence electrons. The maximum atomic E-state index is 12.8. The summed E-state index contributed by atoms with van der Waals surface area (Å²) in [5.41, 5.74) is 1.38. The molecule has 27 heavy (non-hydrogen) atoms. The molecular weight excluding hydrogens is 342 g/mol. The van der Waals surface area contributed by atoms with E-state index in [1.54, 1.807) is 0 Å². The molecule has 1 fully saturated rings. The molecule has 2 heterocycles. The number of hydrogen-bond acceptors (Lipinski definition) is 4. The Kier molecular flexibility index (Phi) is 6.88. The van der Waals surface area contributed by atoms with Crippen LogP contribution < -0.4 is 10.6 Å². The lowest BCUT2D eigenvalue weighted by Crippen LogP contribution is -2.37. The monoisotopic (exact) mass is 375 g/mol. The molecule has 2 aliphatic rings. The number of imidazole rings is 1. The van der Waals surface area contributed by atoms with Crippen LogP contribution in [0.2, 0.25) is 0 Å². The maximum absolute atomic E-state index is 12.8. The Labute approximate surface area is 161 Å². The second-order valence-corrected chi connectivity index (χ2v) is 8.06. The summed E-state index contributed by atoms with van der Waals surface area (Å²) in [6.07, 6.45) is 9.45. The van der Waals surface area contributed by atoms with Crippen molar-refractivity contribution in [1.82, 2.24) is 25.1 Å². The van der Waals surface area contributed by atoms with E-state index >= 15 is 0 Å². The summed E-state index contributed by atoms with van der Waals surface area (Å²) in [6, 6.07) is 0.246. The predicted octanol–water partition coefficient (Wildman–Crippen LogP) is 1.96. The third kappa shape index (κ3) is 5.09. The number of hydrogen-bond donors (Lipinski definition) is 2. The van der Waals surface area contributed by atoms with Crippen molar-refractivity contribution in [3.63, 3.8) is 0 Å². The van der Waals surface area contributed by atoms with E-state index in [2.05, 4.69) is 20.5 Å². The second-order valence-electron chi connectivity index (χ2n) is 8.06. The lowest BCUT2D eigenvalue weighted by molar-refractivity contribution is 0.0921. The molecule has 7 nitrogen and oxygen atoms in total. The lowest BCUT2D eigenvalue weighted by atomic mass is 9.95. The topological polar surface area (TPSA) is 79.3 Å². The number of nitrogens with one attached hydrogen (secondary N) is 2. The fraction of sp³-hybridized carbons (Fsp3) is 0.750. The molecule has 7 heteroatoms. The third-order valence-corrected chi connectivity index (χ3v) is 5.54. The summed E-state index contributed by atoms with van der Waals surface area (Å²) in [5.74, 6) is 0.108. The number of carbonyl (C=O) groups is 2. The van der Waals surface area contributed by atoms with Crippen molar-refractivity contribution < 1.29 is 9.59 Å². The zero-order valence-electron chi connectivity index (χ0n) is 16.7. The smallest absolute Gasteiger partial charge is 0.287 e. The highest BCUT2D eigenvalue weighted by Gasteiger charge is 2.28. The van der Waals surface area contributed by atoms with Crippen molar-refractivity contribution in [2.75, 3.05) is 27.2 Å². The Morgan fingerprint density at radius 3 is 2.63 bits per heavy atom. The molecule has 1 aliphatic heterocycles.